The summed E-state index contributed by atoms with van der Waals surface area (Å²) in [6.07, 6.45) is 0. The second kappa shape index (κ2) is 6.20. The summed E-state index contributed by atoms with van der Waals surface area (Å²) in [4.78, 5) is 13.5. The SMILES string of the molecule is Nc1cc(=O)[nH]n1C(=S)Nc1ccc(N2CCOCC2)cc1. The molecule has 1 fully saturated rings. The van der Waals surface area contributed by atoms with Crippen LogP contribution < -0.4 is 21.5 Å². The highest BCUT2D eigenvalue weighted by Gasteiger charge is 2.11. The van der Waals surface area contributed by atoms with Crippen molar-refractivity contribution in [2.75, 3.05) is 42.3 Å². The average molecular weight is 319 g/mol. The van der Waals surface area contributed by atoms with Gasteiger partial charge < -0.3 is 20.7 Å². The highest BCUT2D eigenvalue weighted by Crippen LogP contribution is 2.19. The van der Waals surface area contributed by atoms with Crippen LogP contribution in [-0.2, 0) is 4.74 Å². The van der Waals surface area contributed by atoms with Gasteiger partial charge in [0.05, 0.1) is 13.2 Å². The standard InChI is InChI=1S/C14H17N5O2S/c15-12-9-13(20)17-19(12)14(22)16-10-1-3-11(4-2-10)18-5-7-21-8-6-18/h1-4,9H,5-8,15H2,(H,16,22)(H,17,20). The van der Waals surface area contributed by atoms with Gasteiger partial charge in [0.2, 0.25) is 0 Å². The number of H-pyrrole nitrogens is 1. The highest BCUT2D eigenvalue weighted by molar-refractivity contribution is 7.80. The van der Waals surface area contributed by atoms with Crippen molar-refractivity contribution >= 4 is 34.5 Å². The van der Waals surface area contributed by atoms with Gasteiger partial charge in [-0.2, -0.15) is 0 Å². The Bertz CT molecular complexity index is 716. The molecule has 0 bridgehead atoms. The smallest absolute Gasteiger partial charge is 0.266 e. The van der Waals surface area contributed by atoms with Crippen molar-refractivity contribution in [3.63, 3.8) is 0 Å². The first-order valence-electron chi connectivity index (χ1n) is 6.95. The summed E-state index contributed by atoms with van der Waals surface area (Å²) >= 11 is 5.24. The summed E-state index contributed by atoms with van der Waals surface area (Å²) in [5, 5.41) is 5.90. The van der Waals surface area contributed by atoms with Crippen LogP contribution in [0, 0.1) is 0 Å². The lowest BCUT2D eigenvalue weighted by Crippen LogP contribution is -2.36. The van der Waals surface area contributed by atoms with Gasteiger partial charge in [-0.1, -0.05) is 0 Å². The largest absolute Gasteiger partial charge is 0.383 e. The zero-order valence-electron chi connectivity index (χ0n) is 11.9. The lowest BCUT2D eigenvalue weighted by Gasteiger charge is -2.28. The molecule has 1 aliphatic heterocycles. The molecule has 0 atom stereocenters. The molecule has 3 rings (SSSR count). The number of benzene rings is 1. The van der Waals surface area contributed by atoms with Crippen molar-refractivity contribution in [3.8, 4) is 0 Å². The van der Waals surface area contributed by atoms with Crippen molar-refractivity contribution < 1.29 is 4.74 Å². The predicted molar refractivity (Wildman–Crippen MR) is 90.6 cm³/mol. The molecule has 2 heterocycles. The van der Waals surface area contributed by atoms with Crippen molar-refractivity contribution in [1.82, 2.24) is 9.78 Å². The summed E-state index contributed by atoms with van der Waals surface area (Å²) in [6.45, 7) is 3.30. The van der Waals surface area contributed by atoms with Gasteiger partial charge >= 0.3 is 0 Å². The van der Waals surface area contributed by atoms with E-state index in [4.69, 9.17) is 22.7 Å². The third-order valence-electron chi connectivity index (χ3n) is 3.46. The van der Waals surface area contributed by atoms with Gasteiger partial charge in [-0.15, -0.1) is 0 Å². The third kappa shape index (κ3) is 3.12. The molecule has 8 heteroatoms. The van der Waals surface area contributed by atoms with Crippen molar-refractivity contribution in [2.45, 2.75) is 0 Å². The molecule has 0 amide bonds. The number of nitrogens with zero attached hydrogens (tertiary/aromatic N) is 2. The Morgan fingerprint density at radius 1 is 1.27 bits per heavy atom. The Kier molecular flexibility index (Phi) is 4.12. The summed E-state index contributed by atoms with van der Waals surface area (Å²) in [5.74, 6) is 0.271. The summed E-state index contributed by atoms with van der Waals surface area (Å²) in [6, 6.07) is 9.22. The van der Waals surface area contributed by atoms with Gasteiger partial charge in [0.1, 0.15) is 5.82 Å². The van der Waals surface area contributed by atoms with E-state index in [2.05, 4.69) is 15.3 Å². The van der Waals surface area contributed by atoms with Crippen LogP contribution in [0.15, 0.2) is 35.1 Å². The predicted octanol–water partition coefficient (Wildman–Crippen LogP) is 0.840. The quantitative estimate of drug-likeness (QED) is 0.711. The van der Waals surface area contributed by atoms with Crippen LogP contribution in [0.1, 0.15) is 0 Å². The van der Waals surface area contributed by atoms with E-state index < -0.39 is 0 Å². The first kappa shape index (κ1) is 14.6. The fourth-order valence-corrected chi connectivity index (χ4v) is 2.60. The molecule has 1 aromatic heterocycles. The van der Waals surface area contributed by atoms with Crippen LogP contribution in [0.4, 0.5) is 17.2 Å². The molecule has 0 aliphatic carbocycles. The van der Waals surface area contributed by atoms with E-state index >= 15 is 0 Å². The Morgan fingerprint density at radius 2 is 1.95 bits per heavy atom. The Labute approximate surface area is 132 Å². The van der Waals surface area contributed by atoms with Gasteiger partial charge in [-0.25, -0.2) is 4.68 Å². The Hall–Kier alpha value is -2.32. The average Bonchev–Trinajstić information content (AvgIpc) is 2.88. The van der Waals surface area contributed by atoms with Crippen molar-refractivity contribution in [2.24, 2.45) is 0 Å². The monoisotopic (exact) mass is 319 g/mol. The topological polar surface area (TPSA) is 88.3 Å². The second-order valence-electron chi connectivity index (χ2n) is 4.96. The van der Waals surface area contributed by atoms with Gasteiger partial charge in [-0.05, 0) is 36.5 Å². The van der Waals surface area contributed by atoms with Crippen molar-refractivity contribution in [3.05, 3.63) is 40.7 Å². The molecule has 1 aromatic carbocycles. The number of nitrogen functional groups attached to an aromatic ring is 1. The van der Waals surface area contributed by atoms with Crippen LogP contribution in [-0.4, -0.2) is 41.2 Å². The number of aromatic amines is 1. The molecular formula is C14H17N5O2S. The molecule has 116 valence electrons. The number of hydrogen-bond acceptors (Lipinski definition) is 5. The van der Waals surface area contributed by atoms with Gasteiger partial charge in [0.25, 0.3) is 5.56 Å². The van der Waals surface area contributed by atoms with Crippen LogP contribution in [0.3, 0.4) is 0 Å². The molecule has 22 heavy (non-hydrogen) atoms. The number of nitrogens with one attached hydrogen (secondary N) is 2. The molecule has 2 aromatic rings. The Balaban J connectivity index is 1.69. The normalized spacial score (nSPS) is 14.8. The van der Waals surface area contributed by atoms with E-state index in [0.29, 0.717) is 5.11 Å². The van der Waals surface area contributed by atoms with E-state index in [1.807, 2.05) is 24.3 Å². The van der Waals surface area contributed by atoms with Gasteiger partial charge in [-0.3, -0.25) is 9.89 Å². The maximum Gasteiger partial charge on any atom is 0.266 e. The molecule has 0 radical (unpaired) electrons. The fourth-order valence-electron chi connectivity index (χ4n) is 2.33. The maximum absolute atomic E-state index is 11.2. The summed E-state index contributed by atoms with van der Waals surface area (Å²) in [5.41, 5.74) is 7.39. The van der Waals surface area contributed by atoms with Crippen LogP contribution in [0.2, 0.25) is 0 Å². The van der Waals surface area contributed by atoms with E-state index in [-0.39, 0.29) is 11.4 Å². The first-order valence-corrected chi connectivity index (χ1v) is 7.36. The number of nitrogens with two attached hydrogens (primary N) is 1. The number of ether oxygens (including phenoxy) is 1. The zero-order valence-corrected chi connectivity index (χ0v) is 12.7. The van der Waals surface area contributed by atoms with E-state index in [9.17, 15) is 4.79 Å². The van der Waals surface area contributed by atoms with E-state index in [1.165, 1.54) is 10.7 Å². The number of rotatable bonds is 2. The van der Waals surface area contributed by atoms with Crippen molar-refractivity contribution in [1.29, 1.82) is 0 Å². The number of aromatic nitrogens is 2. The van der Waals surface area contributed by atoms with E-state index in [1.54, 1.807) is 0 Å². The second-order valence-corrected chi connectivity index (χ2v) is 5.34. The lowest BCUT2D eigenvalue weighted by molar-refractivity contribution is 0.122. The number of hydrogen-bond donors (Lipinski definition) is 3. The molecule has 7 nitrogen and oxygen atoms in total. The lowest BCUT2D eigenvalue weighted by atomic mass is 10.2. The minimum Gasteiger partial charge on any atom is -0.383 e. The van der Waals surface area contributed by atoms with Gasteiger partial charge in [0, 0.05) is 30.5 Å². The molecule has 0 spiro atoms. The molecular weight excluding hydrogens is 302 g/mol. The highest BCUT2D eigenvalue weighted by atomic mass is 32.1. The number of anilines is 3. The maximum atomic E-state index is 11.2. The van der Waals surface area contributed by atoms with Gasteiger partial charge in [0.15, 0.2) is 5.11 Å². The van der Waals surface area contributed by atoms with Crippen LogP contribution in [0.5, 0.6) is 0 Å². The fraction of sp³-hybridized carbons (Fsp3) is 0.286. The molecule has 4 N–H and O–H groups in total. The molecule has 1 saturated heterocycles. The van der Waals surface area contributed by atoms with Crippen LogP contribution in [0.25, 0.3) is 0 Å². The van der Waals surface area contributed by atoms with Crippen LogP contribution >= 0.6 is 12.2 Å². The minimum absolute atomic E-state index is 0.271. The number of morpholine rings is 1. The zero-order chi connectivity index (χ0) is 15.5. The first-order chi connectivity index (χ1) is 10.6. The third-order valence-corrected chi connectivity index (χ3v) is 3.74. The summed E-state index contributed by atoms with van der Waals surface area (Å²) in [7, 11) is 0. The molecule has 0 saturated carbocycles. The molecule has 0 unspecified atom stereocenters. The Morgan fingerprint density at radius 3 is 2.55 bits per heavy atom. The number of thiocarbonyl (C=S) groups is 1. The molecule has 1 aliphatic rings. The summed E-state index contributed by atoms with van der Waals surface area (Å²) < 4.78 is 6.69. The minimum atomic E-state index is -0.288. The van der Waals surface area contributed by atoms with E-state index in [0.717, 1.165) is 37.7 Å².